The molecule has 4 aromatic rings. The second kappa shape index (κ2) is 10.7. The van der Waals surface area contributed by atoms with Crippen molar-refractivity contribution in [1.29, 1.82) is 0 Å². The van der Waals surface area contributed by atoms with Crippen LogP contribution in [0.5, 0.6) is 0 Å². The van der Waals surface area contributed by atoms with Gasteiger partial charge in [0, 0.05) is 24.8 Å². The molecular weight excluding hydrogens is 466 g/mol. The standard InChI is InChI=1S/C29H33N5O3/c1-19(2)23-9-4-5-10-24(23)26-30-16-25-27(32-26)34(29(36)31-25)17-20-11-13-21(14-12-20)28(35)33-15-7-6-8-22(33)18-37-3/h4-5,9-14,16,19,22H,6-8,15,17-18H2,1-3H3,(H,31,36). The predicted molar refractivity (Wildman–Crippen MR) is 144 cm³/mol. The van der Waals surface area contributed by atoms with E-state index in [0.717, 1.165) is 42.5 Å². The lowest BCUT2D eigenvalue weighted by atomic mass is 9.97. The van der Waals surface area contributed by atoms with Crippen LogP contribution in [0.25, 0.3) is 22.6 Å². The third kappa shape index (κ3) is 5.06. The van der Waals surface area contributed by atoms with Crippen LogP contribution in [0.2, 0.25) is 0 Å². The lowest BCUT2D eigenvalue weighted by Gasteiger charge is -2.35. The first-order valence-electron chi connectivity index (χ1n) is 12.9. The molecule has 8 heteroatoms. The quantitative estimate of drug-likeness (QED) is 0.401. The fourth-order valence-corrected chi connectivity index (χ4v) is 5.16. The molecule has 1 unspecified atom stereocenters. The Kier molecular flexibility index (Phi) is 7.19. The number of aromatic nitrogens is 4. The molecule has 0 saturated carbocycles. The summed E-state index contributed by atoms with van der Waals surface area (Å²) in [5.41, 5.74) is 4.60. The molecule has 1 N–H and O–H groups in total. The number of carbonyl (C=O) groups is 1. The Morgan fingerprint density at radius 2 is 1.92 bits per heavy atom. The van der Waals surface area contributed by atoms with Gasteiger partial charge in [-0.1, -0.05) is 50.2 Å². The number of methoxy groups -OCH3 is 1. The Labute approximate surface area is 216 Å². The first-order valence-corrected chi connectivity index (χ1v) is 12.9. The van der Waals surface area contributed by atoms with Crippen molar-refractivity contribution in [3.63, 3.8) is 0 Å². The van der Waals surface area contributed by atoms with E-state index in [0.29, 0.717) is 41.6 Å². The Bertz CT molecular complexity index is 1450. The number of likely N-dealkylation sites (tertiary alicyclic amines) is 1. The molecule has 8 nitrogen and oxygen atoms in total. The fourth-order valence-electron chi connectivity index (χ4n) is 5.16. The summed E-state index contributed by atoms with van der Waals surface area (Å²) in [5, 5.41) is 0. The van der Waals surface area contributed by atoms with E-state index in [1.807, 2.05) is 47.4 Å². The Morgan fingerprint density at radius 3 is 2.68 bits per heavy atom. The number of nitrogens with one attached hydrogen (secondary N) is 1. The molecule has 0 bridgehead atoms. The van der Waals surface area contributed by atoms with Gasteiger partial charge in [-0.05, 0) is 48.4 Å². The zero-order valence-electron chi connectivity index (χ0n) is 21.6. The summed E-state index contributed by atoms with van der Waals surface area (Å²) in [4.78, 5) is 40.1. The maximum absolute atomic E-state index is 13.2. The van der Waals surface area contributed by atoms with Crippen LogP contribution >= 0.6 is 0 Å². The topological polar surface area (TPSA) is 93.1 Å². The molecule has 2 aromatic heterocycles. The molecule has 2 aromatic carbocycles. The van der Waals surface area contributed by atoms with Gasteiger partial charge in [0.2, 0.25) is 0 Å². The molecule has 1 aliphatic heterocycles. The molecule has 1 aliphatic rings. The zero-order valence-corrected chi connectivity index (χ0v) is 21.6. The number of hydrogen-bond acceptors (Lipinski definition) is 5. The summed E-state index contributed by atoms with van der Waals surface area (Å²) >= 11 is 0. The van der Waals surface area contributed by atoms with Gasteiger partial charge in [0.15, 0.2) is 11.5 Å². The Morgan fingerprint density at radius 1 is 1.14 bits per heavy atom. The smallest absolute Gasteiger partial charge is 0.328 e. The molecule has 0 radical (unpaired) electrons. The van der Waals surface area contributed by atoms with E-state index < -0.39 is 0 Å². The van der Waals surface area contributed by atoms with Crippen LogP contribution in [0.4, 0.5) is 0 Å². The maximum atomic E-state index is 13.2. The minimum absolute atomic E-state index is 0.0266. The Balaban J connectivity index is 1.41. The number of rotatable bonds is 7. The molecule has 3 heterocycles. The summed E-state index contributed by atoms with van der Waals surface area (Å²) in [7, 11) is 1.68. The van der Waals surface area contributed by atoms with Gasteiger partial charge in [0.05, 0.1) is 25.4 Å². The summed E-state index contributed by atoms with van der Waals surface area (Å²) < 4.78 is 6.96. The third-order valence-corrected chi connectivity index (χ3v) is 7.12. The highest BCUT2D eigenvalue weighted by atomic mass is 16.5. The average Bonchev–Trinajstić information content (AvgIpc) is 3.23. The van der Waals surface area contributed by atoms with Gasteiger partial charge in [-0.2, -0.15) is 0 Å². The van der Waals surface area contributed by atoms with E-state index in [-0.39, 0.29) is 17.6 Å². The normalized spacial score (nSPS) is 16.0. The molecular formula is C29H33N5O3. The van der Waals surface area contributed by atoms with Gasteiger partial charge in [-0.15, -0.1) is 0 Å². The summed E-state index contributed by atoms with van der Waals surface area (Å²) in [5.74, 6) is 0.941. The Hall–Kier alpha value is -3.78. The predicted octanol–water partition coefficient (Wildman–Crippen LogP) is 4.60. The van der Waals surface area contributed by atoms with Crippen molar-refractivity contribution in [3.05, 3.63) is 81.9 Å². The maximum Gasteiger partial charge on any atom is 0.328 e. The molecule has 5 rings (SSSR count). The molecule has 1 saturated heterocycles. The minimum atomic E-state index is -0.241. The minimum Gasteiger partial charge on any atom is -0.383 e. The number of benzene rings is 2. The summed E-state index contributed by atoms with van der Waals surface area (Å²) in [6, 6.07) is 15.7. The molecule has 37 heavy (non-hydrogen) atoms. The van der Waals surface area contributed by atoms with Gasteiger partial charge in [0.25, 0.3) is 5.91 Å². The number of H-pyrrole nitrogens is 1. The van der Waals surface area contributed by atoms with E-state index in [2.05, 4.69) is 29.9 Å². The SMILES string of the molecule is COCC1CCCCN1C(=O)c1ccc(Cn2c(=O)[nH]c3cnc(-c4ccccc4C(C)C)nc32)cc1. The van der Waals surface area contributed by atoms with Crippen LogP contribution in [-0.2, 0) is 11.3 Å². The van der Waals surface area contributed by atoms with Gasteiger partial charge < -0.3 is 14.6 Å². The third-order valence-electron chi connectivity index (χ3n) is 7.12. The number of carbonyl (C=O) groups excluding carboxylic acids is 1. The van der Waals surface area contributed by atoms with E-state index in [9.17, 15) is 9.59 Å². The van der Waals surface area contributed by atoms with Crippen molar-refractivity contribution in [1.82, 2.24) is 24.4 Å². The molecule has 1 atom stereocenters. The van der Waals surface area contributed by atoms with Crippen molar-refractivity contribution in [2.45, 2.75) is 51.6 Å². The fraction of sp³-hybridized carbons (Fsp3) is 0.379. The molecule has 0 aliphatic carbocycles. The average molecular weight is 500 g/mol. The number of fused-ring (bicyclic) bond motifs is 1. The second-order valence-electron chi connectivity index (χ2n) is 9.99. The lowest BCUT2D eigenvalue weighted by molar-refractivity contribution is 0.0428. The van der Waals surface area contributed by atoms with E-state index in [4.69, 9.17) is 9.72 Å². The molecule has 1 fully saturated rings. The van der Waals surface area contributed by atoms with Crippen LogP contribution in [0, 0.1) is 0 Å². The number of nitrogens with zero attached hydrogens (tertiary/aromatic N) is 4. The molecule has 0 spiro atoms. The first-order chi connectivity index (χ1) is 18.0. The number of aromatic amines is 1. The largest absolute Gasteiger partial charge is 0.383 e. The van der Waals surface area contributed by atoms with Gasteiger partial charge in [0.1, 0.15) is 5.52 Å². The number of amides is 1. The van der Waals surface area contributed by atoms with Crippen LogP contribution < -0.4 is 5.69 Å². The molecule has 1 amide bonds. The molecule has 192 valence electrons. The monoisotopic (exact) mass is 499 g/mol. The number of piperidine rings is 1. The van der Waals surface area contributed by atoms with Crippen molar-refractivity contribution in [3.8, 4) is 11.4 Å². The van der Waals surface area contributed by atoms with Crippen molar-refractivity contribution >= 4 is 17.1 Å². The number of ether oxygens (including phenoxy) is 1. The highest BCUT2D eigenvalue weighted by Crippen LogP contribution is 2.27. The highest BCUT2D eigenvalue weighted by Gasteiger charge is 2.27. The second-order valence-corrected chi connectivity index (χ2v) is 9.99. The van der Waals surface area contributed by atoms with E-state index >= 15 is 0 Å². The van der Waals surface area contributed by atoms with Crippen molar-refractivity contribution in [2.75, 3.05) is 20.3 Å². The van der Waals surface area contributed by atoms with Crippen LogP contribution in [-0.4, -0.2) is 56.6 Å². The van der Waals surface area contributed by atoms with E-state index in [1.54, 1.807) is 17.9 Å². The van der Waals surface area contributed by atoms with Crippen molar-refractivity contribution < 1.29 is 9.53 Å². The summed E-state index contributed by atoms with van der Waals surface area (Å²) in [6.07, 6.45) is 4.76. The lowest BCUT2D eigenvalue weighted by Crippen LogP contribution is -2.46. The van der Waals surface area contributed by atoms with Crippen LogP contribution in [0.1, 0.15) is 60.5 Å². The highest BCUT2D eigenvalue weighted by molar-refractivity contribution is 5.94. The van der Waals surface area contributed by atoms with E-state index in [1.165, 1.54) is 0 Å². The first kappa shape index (κ1) is 24.9. The number of imidazole rings is 1. The van der Waals surface area contributed by atoms with Crippen molar-refractivity contribution in [2.24, 2.45) is 0 Å². The zero-order chi connectivity index (χ0) is 25.9. The summed E-state index contributed by atoms with van der Waals surface area (Å²) in [6.45, 7) is 5.92. The number of hydrogen-bond donors (Lipinski definition) is 1. The van der Waals surface area contributed by atoms with Crippen LogP contribution in [0.15, 0.2) is 59.5 Å². The van der Waals surface area contributed by atoms with Gasteiger partial charge in [-0.3, -0.25) is 9.36 Å². The van der Waals surface area contributed by atoms with Gasteiger partial charge in [-0.25, -0.2) is 14.8 Å². The van der Waals surface area contributed by atoms with Crippen LogP contribution in [0.3, 0.4) is 0 Å². The van der Waals surface area contributed by atoms with Gasteiger partial charge >= 0.3 is 5.69 Å².